The topological polar surface area (TPSA) is 28.7 Å². The van der Waals surface area contributed by atoms with Crippen LogP contribution in [0.4, 0.5) is 0 Å². The van der Waals surface area contributed by atoms with E-state index in [2.05, 4.69) is 57.9 Å². The van der Waals surface area contributed by atoms with Gasteiger partial charge in [0, 0.05) is 23.3 Å². The Bertz CT molecular complexity index is 475. The van der Waals surface area contributed by atoms with E-state index in [0.717, 1.165) is 18.7 Å². The molecule has 0 atom stereocenters. The quantitative estimate of drug-likeness (QED) is 0.904. The Balaban J connectivity index is 2.06. The lowest BCUT2D eigenvalue weighted by Gasteiger charge is -2.09. The Labute approximate surface area is 111 Å². The molecule has 0 saturated heterocycles. The second kappa shape index (κ2) is 5.50. The van der Waals surface area contributed by atoms with Crippen molar-refractivity contribution in [3.63, 3.8) is 0 Å². The van der Waals surface area contributed by atoms with Crippen LogP contribution in [0.3, 0.4) is 0 Å². The van der Waals surface area contributed by atoms with Gasteiger partial charge in [0.15, 0.2) is 0 Å². The molecule has 17 heavy (non-hydrogen) atoms. The number of nitrogens with zero attached hydrogens (tertiary/aromatic N) is 1. The van der Waals surface area contributed by atoms with Gasteiger partial charge in [-0.2, -0.15) is 0 Å². The zero-order valence-corrected chi connectivity index (χ0v) is 11.8. The van der Waals surface area contributed by atoms with Gasteiger partial charge in [0.05, 0.1) is 0 Å². The van der Waals surface area contributed by atoms with Gasteiger partial charge in [-0.25, -0.2) is 4.98 Å². The van der Waals surface area contributed by atoms with Crippen LogP contribution in [0.1, 0.15) is 36.7 Å². The third-order valence-electron chi connectivity index (χ3n) is 2.93. The van der Waals surface area contributed by atoms with Crippen LogP contribution in [0.15, 0.2) is 35.1 Å². The Morgan fingerprint density at radius 2 is 2.12 bits per heavy atom. The third kappa shape index (κ3) is 3.19. The van der Waals surface area contributed by atoms with Gasteiger partial charge in [-0.05, 0) is 29.5 Å². The first kappa shape index (κ1) is 12.4. The van der Waals surface area contributed by atoms with Gasteiger partial charge >= 0.3 is 0 Å². The van der Waals surface area contributed by atoms with Gasteiger partial charge in [0.25, 0.3) is 0 Å². The molecular formula is C14H17BrN2. The molecule has 0 bridgehead atoms. The van der Waals surface area contributed by atoms with Gasteiger partial charge < -0.3 is 4.98 Å². The summed E-state index contributed by atoms with van der Waals surface area (Å²) in [6.45, 7) is 4.43. The molecule has 0 unspecified atom stereocenters. The van der Waals surface area contributed by atoms with Gasteiger partial charge in [0.1, 0.15) is 5.82 Å². The molecular weight excluding hydrogens is 276 g/mol. The molecule has 2 aromatic rings. The van der Waals surface area contributed by atoms with Crippen LogP contribution in [-0.4, -0.2) is 9.97 Å². The van der Waals surface area contributed by atoms with Gasteiger partial charge in [-0.3, -0.25) is 0 Å². The first-order valence-corrected chi connectivity index (χ1v) is 6.72. The van der Waals surface area contributed by atoms with Crippen LogP contribution in [0.5, 0.6) is 0 Å². The van der Waals surface area contributed by atoms with E-state index in [1.807, 2.05) is 6.20 Å². The smallest absolute Gasteiger partial charge is 0.106 e. The molecule has 2 rings (SSSR count). The second-order valence-corrected chi connectivity index (χ2v) is 5.40. The van der Waals surface area contributed by atoms with Crippen LogP contribution in [0, 0.1) is 0 Å². The van der Waals surface area contributed by atoms with Crippen LogP contribution in [-0.2, 0) is 12.8 Å². The average molecular weight is 293 g/mol. The fraction of sp³-hybridized carbons (Fsp3) is 0.357. The predicted molar refractivity (Wildman–Crippen MR) is 74.2 cm³/mol. The standard InChI is InChI=1S/C14H17BrN2/c1-10(2)12-4-3-11(13(15)9-12)5-6-14-16-7-8-17-14/h3-4,7-10H,5-6H2,1-2H3,(H,16,17). The maximum Gasteiger partial charge on any atom is 0.106 e. The number of hydrogen-bond acceptors (Lipinski definition) is 1. The van der Waals surface area contributed by atoms with Crippen LogP contribution < -0.4 is 0 Å². The summed E-state index contributed by atoms with van der Waals surface area (Å²) >= 11 is 3.65. The molecule has 3 heteroatoms. The highest BCUT2D eigenvalue weighted by atomic mass is 79.9. The van der Waals surface area contributed by atoms with Crippen LogP contribution in [0.25, 0.3) is 0 Å². The SMILES string of the molecule is CC(C)c1ccc(CCc2ncc[nH]2)c(Br)c1. The van der Waals surface area contributed by atoms with Crippen molar-refractivity contribution in [2.24, 2.45) is 0 Å². The van der Waals surface area contributed by atoms with Crippen molar-refractivity contribution >= 4 is 15.9 Å². The lowest BCUT2D eigenvalue weighted by Crippen LogP contribution is -1.96. The lowest BCUT2D eigenvalue weighted by atomic mass is 10.0. The molecule has 0 aliphatic rings. The van der Waals surface area contributed by atoms with Crippen molar-refractivity contribution in [2.45, 2.75) is 32.6 Å². The number of aryl methyl sites for hydroxylation is 2. The number of nitrogens with one attached hydrogen (secondary N) is 1. The predicted octanol–water partition coefficient (Wildman–Crippen LogP) is 4.08. The number of hydrogen-bond donors (Lipinski definition) is 1. The van der Waals surface area contributed by atoms with E-state index >= 15 is 0 Å². The van der Waals surface area contributed by atoms with Gasteiger partial charge in [-0.15, -0.1) is 0 Å². The summed E-state index contributed by atoms with van der Waals surface area (Å²) in [6.07, 6.45) is 5.62. The molecule has 1 heterocycles. The molecule has 1 N–H and O–H groups in total. The molecule has 0 aliphatic heterocycles. The van der Waals surface area contributed by atoms with Gasteiger partial charge in [-0.1, -0.05) is 41.9 Å². The van der Waals surface area contributed by atoms with Crippen molar-refractivity contribution < 1.29 is 0 Å². The number of halogens is 1. The summed E-state index contributed by atoms with van der Waals surface area (Å²) in [4.78, 5) is 7.37. The summed E-state index contributed by atoms with van der Waals surface area (Å²) < 4.78 is 1.20. The summed E-state index contributed by atoms with van der Waals surface area (Å²) in [7, 11) is 0. The molecule has 0 saturated carbocycles. The summed E-state index contributed by atoms with van der Waals surface area (Å²) in [5.41, 5.74) is 2.71. The van der Waals surface area contributed by atoms with E-state index in [4.69, 9.17) is 0 Å². The van der Waals surface area contributed by atoms with E-state index in [-0.39, 0.29) is 0 Å². The zero-order valence-electron chi connectivity index (χ0n) is 10.2. The van der Waals surface area contributed by atoms with Crippen molar-refractivity contribution in [1.82, 2.24) is 9.97 Å². The van der Waals surface area contributed by atoms with E-state index in [9.17, 15) is 0 Å². The number of aromatic amines is 1. The first-order valence-electron chi connectivity index (χ1n) is 5.93. The van der Waals surface area contributed by atoms with Gasteiger partial charge in [0.2, 0.25) is 0 Å². The molecule has 0 aliphatic carbocycles. The van der Waals surface area contributed by atoms with E-state index in [1.165, 1.54) is 15.6 Å². The maximum absolute atomic E-state index is 4.24. The van der Waals surface area contributed by atoms with Crippen molar-refractivity contribution in [1.29, 1.82) is 0 Å². The Kier molecular flexibility index (Phi) is 4.00. The van der Waals surface area contributed by atoms with Crippen LogP contribution in [0.2, 0.25) is 0 Å². The maximum atomic E-state index is 4.24. The summed E-state index contributed by atoms with van der Waals surface area (Å²) in [5.74, 6) is 1.62. The van der Waals surface area contributed by atoms with Crippen molar-refractivity contribution in [2.75, 3.05) is 0 Å². The Hall–Kier alpha value is -1.09. The number of imidazole rings is 1. The van der Waals surface area contributed by atoms with E-state index < -0.39 is 0 Å². The minimum absolute atomic E-state index is 0.574. The van der Waals surface area contributed by atoms with E-state index in [0.29, 0.717) is 5.92 Å². The first-order chi connectivity index (χ1) is 8.16. The number of aromatic nitrogens is 2. The lowest BCUT2D eigenvalue weighted by molar-refractivity contribution is 0.853. The number of rotatable bonds is 4. The largest absolute Gasteiger partial charge is 0.349 e. The molecule has 1 aromatic carbocycles. The highest BCUT2D eigenvalue weighted by Crippen LogP contribution is 2.24. The normalized spacial score (nSPS) is 11.1. The third-order valence-corrected chi connectivity index (χ3v) is 3.67. The van der Waals surface area contributed by atoms with Crippen molar-refractivity contribution in [3.05, 3.63) is 52.0 Å². The molecule has 1 aromatic heterocycles. The summed E-state index contributed by atoms with van der Waals surface area (Å²) in [6, 6.07) is 6.65. The van der Waals surface area contributed by atoms with Crippen LogP contribution >= 0.6 is 15.9 Å². The molecule has 2 nitrogen and oxygen atoms in total. The average Bonchev–Trinajstić information content (AvgIpc) is 2.80. The monoisotopic (exact) mass is 292 g/mol. The number of benzene rings is 1. The van der Waals surface area contributed by atoms with E-state index in [1.54, 1.807) is 6.20 Å². The minimum Gasteiger partial charge on any atom is -0.349 e. The number of H-pyrrole nitrogens is 1. The molecule has 0 fully saturated rings. The Morgan fingerprint density at radius 3 is 2.71 bits per heavy atom. The summed E-state index contributed by atoms with van der Waals surface area (Å²) in [5, 5.41) is 0. The molecule has 90 valence electrons. The fourth-order valence-electron chi connectivity index (χ4n) is 1.81. The minimum atomic E-state index is 0.574. The molecule has 0 amide bonds. The Morgan fingerprint density at radius 1 is 1.29 bits per heavy atom. The zero-order chi connectivity index (χ0) is 12.3. The van der Waals surface area contributed by atoms with Crippen molar-refractivity contribution in [3.8, 4) is 0 Å². The highest BCUT2D eigenvalue weighted by molar-refractivity contribution is 9.10. The second-order valence-electron chi connectivity index (χ2n) is 4.54. The molecule has 0 radical (unpaired) electrons. The highest BCUT2D eigenvalue weighted by Gasteiger charge is 2.05. The molecule has 0 spiro atoms. The fourth-order valence-corrected chi connectivity index (χ4v) is 2.41.